The number of rotatable bonds is 6. The zero-order chi connectivity index (χ0) is 15.8. The van der Waals surface area contributed by atoms with Gasteiger partial charge in [0.15, 0.2) is 0 Å². The van der Waals surface area contributed by atoms with E-state index in [0.717, 1.165) is 31.0 Å². The predicted octanol–water partition coefficient (Wildman–Crippen LogP) is 4.27. The zero-order valence-corrected chi connectivity index (χ0v) is 13.8. The van der Waals surface area contributed by atoms with Gasteiger partial charge in [0.05, 0.1) is 6.61 Å². The van der Waals surface area contributed by atoms with Crippen LogP contribution in [-0.4, -0.2) is 30.7 Å². The van der Waals surface area contributed by atoms with Crippen molar-refractivity contribution >= 4 is 11.8 Å². The molecule has 1 aromatic rings. The Morgan fingerprint density at radius 1 is 1.27 bits per heavy atom. The molecule has 1 aliphatic rings. The maximum absolute atomic E-state index is 11.6. The van der Waals surface area contributed by atoms with E-state index in [4.69, 9.17) is 4.74 Å². The molecule has 1 aliphatic heterocycles. The number of carbonyl (C=O) groups excluding carboxylic acids is 1. The second-order valence-corrected chi connectivity index (χ2v) is 6.27. The number of anilines is 1. The van der Waals surface area contributed by atoms with Crippen molar-refractivity contribution in [1.29, 1.82) is 0 Å². The third kappa shape index (κ3) is 5.68. The molecule has 0 atom stereocenters. The SMILES string of the molecule is CCCCOC(=O)Nc1ccc(CN2CCC(C)CC2)cc1. The minimum Gasteiger partial charge on any atom is -0.449 e. The molecule has 4 heteroatoms. The monoisotopic (exact) mass is 304 g/mol. The van der Waals surface area contributed by atoms with Crippen LogP contribution in [0.1, 0.15) is 45.1 Å². The summed E-state index contributed by atoms with van der Waals surface area (Å²) in [4.78, 5) is 14.1. The van der Waals surface area contributed by atoms with Crippen LogP contribution in [0, 0.1) is 5.92 Å². The summed E-state index contributed by atoms with van der Waals surface area (Å²) >= 11 is 0. The number of ether oxygens (including phenoxy) is 1. The highest BCUT2D eigenvalue weighted by Gasteiger charge is 2.15. The van der Waals surface area contributed by atoms with Crippen LogP contribution in [0.4, 0.5) is 10.5 Å². The third-order valence-electron chi connectivity index (χ3n) is 4.21. The lowest BCUT2D eigenvalue weighted by Gasteiger charge is -2.30. The molecule has 122 valence electrons. The second kappa shape index (κ2) is 8.79. The average Bonchev–Trinajstić information content (AvgIpc) is 2.52. The fourth-order valence-electron chi connectivity index (χ4n) is 2.64. The number of carbonyl (C=O) groups is 1. The molecule has 1 fully saturated rings. The van der Waals surface area contributed by atoms with E-state index < -0.39 is 0 Å². The van der Waals surface area contributed by atoms with Gasteiger partial charge >= 0.3 is 6.09 Å². The Morgan fingerprint density at radius 2 is 1.95 bits per heavy atom. The number of likely N-dealkylation sites (tertiary alicyclic amines) is 1. The van der Waals surface area contributed by atoms with Crippen LogP contribution in [0.15, 0.2) is 24.3 Å². The highest BCUT2D eigenvalue weighted by Crippen LogP contribution is 2.19. The predicted molar refractivity (Wildman–Crippen MR) is 90.0 cm³/mol. The van der Waals surface area contributed by atoms with Crippen molar-refractivity contribution in [2.24, 2.45) is 5.92 Å². The molecule has 0 aromatic heterocycles. The maximum atomic E-state index is 11.6. The first-order valence-corrected chi connectivity index (χ1v) is 8.42. The lowest BCUT2D eigenvalue weighted by atomic mass is 9.99. The van der Waals surface area contributed by atoms with E-state index in [2.05, 4.69) is 36.2 Å². The van der Waals surface area contributed by atoms with Crippen LogP contribution in [-0.2, 0) is 11.3 Å². The van der Waals surface area contributed by atoms with E-state index in [0.29, 0.717) is 6.61 Å². The second-order valence-electron chi connectivity index (χ2n) is 6.27. The number of nitrogens with zero attached hydrogens (tertiary/aromatic N) is 1. The summed E-state index contributed by atoms with van der Waals surface area (Å²) in [6, 6.07) is 8.06. The molecule has 1 heterocycles. The molecule has 1 N–H and O–H groups in total. The molecular weight excluding hydrogens is 276 g/mol. The minimum absolute atomic E-state index is 0.369. The van der Waals surface area contributed by atoms with Crippen LogP contribution in [0.5, 0.6) is 0 Å². The minimum atomic E-state index is -0.369. The number of nitrogens with one attached hydrogen (secondary N) is 1. The van der Waals surface area contributed by atoms with Crippen molar-refractivity contribution in [3.05, 3.63) is 29.8 Å². The molecular formula is C18H28N2O2. The number of hydrogen-bond acceptors (Lipinski definition) is 3. The smallest absolute Gasteiger partial charge is 0.411 e. The molecule has 1 saturated heterocycles. The summed E-state index contributed by atoms with van der Waals surface area (Å²) in [6.45, 7) is 8.25. The standard InChI is InChI=1S/C18H28N2O2/c1-3-4-13-22-18(21)19-17-7-5-16(6-8-17)14-20-11-9-15(2)10-12-20/h5-8,15H,3-4,9-14H2,1-2H3,(H,19,21). The number of amides is 1. The van der Waals surface area contributed by atoms with Crippen molar-refractivity contribution in [3.63, 3.8) is 0 Å². The van der Waals surface area contributed by atoms with Crippen molar-refractivity contribution in [2.45, 2.75) is 46.1 Å². The van der Waals surface area contributed by atoms with Gasteiger partial charge in [0.25, 0.3) is 0 Å². The largest absolute Gasteiger partial charge is 0.449 e. The van der Waals surface area contributed by atoms with Gasteiger partial charge in [0, 0.05) is 12.2 Å². The summed E-state index contributed by atoms with van der Waals surface area (Å²) in [7, 11) is 0. The molecule has 22 heavy (non-hydrogen) atoms. The lowest BCUT2D eigenvalue weighted by Crippen LogP contribution is -2.32. The molecule has 0 spiro atoms. The van der Waals surface area contributed by atoms with Gasteiger partial charge < -0.3 is 4.74 Å². The van der Waals surface area contributed by atoms with E-state index >= 15 is 0 Å². The van der Waals surface area contributed by atoms with E-state index in [-0.39, 0.29) is 6.09 Å². The summed E-state index contributed by atoms with van der Waals surface area (Å²) < 4.78 is 5.09. The number of benzene rings is 1. The third-order valence-corrected chi connectivity index (χ3v) is 4.21. The fraction of sp³-hybridized carbons (Fsp3) is 0.611. The molecule has 1 amide bonds. The maximum Gasteiger partial charge on any atom is 0.411 e. The van der Waals surface area contributed by atoms with Gasteiger partial charge in [-0.05, 0) is 56.0 Å². The molecule has 0 unspecified atom stereocenters. The Morgan fingerprint density at radius 3 is 2.59 bits per heavy atom. The Hall–Kier alpha value is -1.55. The van der Waals surface area contributed by atoms with Crippen LogP contribution >= 0.6 is 0 Å². The summed E-state index contributed by atoms with van der Waals surface area (Å²) in [5.74, 6) is 0.863. The van der Waals surface area contributed by atoms with Crippen molar-refractivity contribution in [3.8, 4) is 0 Å². The van der Waals surface area contributed by atoms with Crippen molar-refractivity contribution in [1.82, 2.24) is 4.90 Å². The Labute approximate surface area is 133 Å². The number of piperidine rings is 1. The van der Waals surface area contributed by atoms with Gasteiger partial charge in [-0.15, -0.1) is 0 Å². The molecule has 0 radical (unpaired) electrons. The van der Waals surface area contributed by atoms with Gasteiger partial charge in [0.1, 0.15) is 0 Å². The molecule has 2 rings (SSSR count). The van der Waals surface area contributed by atoms with Crippen LogP contribution in [0.3, 0.4) is 0 Å². The number of unbranched alkanes of at least 4 members (excludes halogenated alkanes) is 1. The first kappa shape index (κ1) is 16.8. The molecule has 1 aromatic carbocycles. The molecule has 4 nitrogen and oxygen atoms in total. The van der Waals surface area contributed by atoms with E-state index in [1.165, 1.54) is 31.5 Å². The van der Waals surface area contributed by atoms with Gasteiger partial charge in [-0.25, -0.2) is 4.79 Å². The van der Waals surface area contributed by atoms with Crippen molar-refractivity contribution < 1.29 is 9.53 Å². The fourth-order valence-corrected chi connectivity index (χ4v) is 2.64. The lowest BCUT2D eigenvalue weighted by molar-refractivity contribution is 0.160. The summed E-state index contributed by atoms with van der Waals surface area (Å²) in [6.07, 6.45) is 4.15. The Kier molecular flexibility index (Phi) is 6.72. The average molecular weight is 304 g/mol. The van der Waals surface area contributed by atoms with E-state index in [1.54, 1.807) is 0 Å². The Balaban J connectivity index is 1.76. The van der Waals surface area contributed by atoms with Gasteiger partial charge in [-0.2, -0.15) is 0 Å². The molecule has 0 aliphatic carbocycles. The topological polar surface area (TPSA) is 41.6 Å². The quantitative estimate of drug-likeness (QED) is 0.798. The highest BCUT2D eigenvalue weighted by atomic mass is 16.5. The van der Waals surface area contributed by atoms with Gasteiger partial charge in [-0.1, -0.05) is 32.4 Å². The molecule has 0 saturated carbocycles. The normalized spacial score (nSPS) is 16.5. The van der Waals surface area contributed by atoms with Crippen LogP contribution in [0.25, 0.3) is 0 Å². The zero-order valence-electron chi connectivity index (χ0n) is 13.8. The molecule has 0 bridgehead atoms. The van der Waals surface area contributed by atoms with Crippen LogP contribution < -0.4 is 5.32 Å². The van der Waals surface area contributed by atoms with Crippen molar-refractivity contribution in [2.75, 3.05) is 25.0 Å². The first-order chi connectivity index (χ1) is 10.7. The Bertz CT molecular complexity index is 451. The van der Waals surface area contributed by atoms with E-state index in [1.807, 2.05) is 12.1 Å². The number of hydrogen-bond donors (Lipinski definition) is 1. The van der Waals surface area contributed by atoms with E-state index in [9.17, 15) is 4.79 Å². The highest BCUT2D eigenvalue weighted by molar-refractivity contribution is 5.84. The van der Waals surface area contributed by atoms with Gasteiger partial charge in [0.2, 0.25) is 0 Å². The van der Waals surface area contributed by atoms with Gasteiger partial charge in [-0.3, -0.25) is 10.2 Å². The summed E-state index contributed by atoms with van der Waals surface area (Å²) in [5, 5.41) is 2.76. The first-order valence-electron chi connectivity index (χ1n) is 8.42. The summed E-state index contributed by atoms with van der Waals surface area (Å²) in [5.41, 5.74) is 2.08. The van der Waals surface area contributed by atoms with Crippen LogP contribution in [0.2, 0.25) is 0 Å².